The molecule has 3 rings (SSSR count). The van der Waals surface area contributed by atoms with Crippen molar-refractivity contribution in [2.45, 2.75) is 51.0 Å². The van der Waals surface area contributed by atoms with Gasteiger partial charge in [-0.1, -0.05) is 31.4 Å². The third-order valence-corrected chi connectivity index (χ3v) is 4.91. The maximum atomic E-state index is 12.1. The van der Waals surface area contributed by atoms with Crippen molar-refractivity contribution in [2.24, 2.45) is 5.92 Å². The van der Waals surface area contributed by atoms with Crippen LogP contribution >= 0.6 is 0 Å². The Balaban J connectivity index is 1.48. The smallest absolute Gasteiger partial charge is 0.258 e. The quantitative estimate of drug-likeness (QED) is 0.682. The first-order valence-electron chi connectivity index (χ1n) is 9.04. The van der Waals surface area contributed by atoms with Gasteiger partial charge < -0.3 is 15.4 Å². The summed E-state index contributed by atoms with van der Waals surface area (Å²) in [6.07, 6.45) is 6.03. The van der Waals surface area contributed by atoms with E-state index in [0.717, 1.165) is 6.42 Å². The lowest BCUT2D eigenvalue weighted by atomic mass is 9.81. The average molecular weight is 343 g/mol. The molecule has 0 spiro atoms. The van der Waals surface area contributed by atoms with Crippen LogP contribution in [0, 0.1) is 5.92 Å². The molecule has 6 heteroatoms. The molecule has 0 bridgehead atoms. The Hall–Kier alpha value is -2.21. The maximum absolute atomic E-state index is 12.1. The minimum Gasteiger partial charge on any atom is -0.394 e. The van der Waals surface area contributed by atoms with Crippen molar-refractivity contribution in [2.75, 3.05) is 6.61 Å². The molecule has 3 N–H and O–H groups in total. The topological polar surface area (TPSA) is 95.1 Å². The SMILES string of the molecule is O=C(CCCc1nc2ccccc2c(=O)[nH]1)NC(CO)CC1CCC1. The molecule has 0 radical (unpaired) electrons. The van der Waals surface area contributed by atoms with Crippen molar-refractivity contribution in [1.82, 2.24) is 15.3 Å². The number of carbonyl (C=O) groups excluding carboxylic acids is 1. The molecule has 1 heterocycles. The number of aromatic nitrogens is 2. The molecule has 6 nitrogen and oxygen atoms in total. The summed E-state index contributed by atoms with van der Waals surface area (Å²) in [6, 6.07) is 7.08. The van der Waals surface area contributed by atoms with Gasteiger partial charge in [-0.2, -0.15) is 0 Å². The van der Waals surface area contributed by atoms with Crippen molar-refractivity contribution in [1.29, 1.82) is 0 Å². The summed E-state index contributed by atoms with van der Waals surface area (Å²) >= 11 is 0. The number of benzene rings is 1. The Morgan fingerprint density at radius 3 is 2.88 bits per heavy atom. The minimum atomic E-state index is -0.147. The zero-order chi connectivity index (χ0) is 17.6. The summed E-state index contributed by atoms with van der Waals surface area (Å²) in [6.45, 7) is -0.0121. The molecule has 0 saturated heterocycles. The summed E-state index contributed by atoms with van der Waals surface area (Å²) in [5.74, 6) is 1.19. The summed E-state index contributed by atoms with van der Waals surface area (Å²) in [5, 5.41) is 12.9. The van der Waals surface area contributed by atoms with Crippen molar-refractivity contribution >= 4 is 16.8 Å². The lowest BCUT2D eigenvalue weighted by Gasteiger charge is -2.29. The van der Waals surface area contributed by atoms with E-state index in [0.29, 0.717) is 41.9 Å². The highest BCUT2D eigenvalue weighted by atomic mass is 16.3. The van der Waals surface area contributed by atoms with Crippen LogP contribution < -0.4 is 10.9 Å². The van der Waals surface area contributed by atoms with Gasteiger partial charge in [-0.05, 0) is 30.9 Å². The monoisotopic (exact) mass is 343 g/mol. The third-order valence-electron chi connectivity index (χ3n) is 4.91. The number of nitrogens with zero attached hydrogens (tertiary/aromatic N) is 1. The molecule has 1 amide bonds. The number of nitrogens with one attached hydrogen (secondary N) is 2. The molecule has 1 saturated carbocycles. The summed E-state index contributed by atoms with van der Waals surface area (Å²) in [4.78, 5) is 31.3. The van der Waals surface area contributed by atoms with Gasteiger partial charge in [0.2, 0.25) is 5.91 Å². The number of hydrogen-bond acceptors (Lipinski definition) is 4. The molecular weight excluding hydrogens is 318 g/mol. The van der Waals surface area contributed by atoms with Crippen LogP contribution in [0.15, 0.2) is 29.1 Å². The summed E-state index contributed by atoms with van der Waals surface area (Å²) in [5.41, 5.74) is 0.525. The van der Waals surface area contributed by atoms with Crippen LogP contribution in [-0.2, 0) is 11.2 Å². The lowest BCUT2D eigenvalue weighted by Crippen LogP contribution is -2.39. The number of aliphatic hydroxyl groups excluding tert-OH is 1. The Bertz CT molecular complexity index is 783. The molecule has 134 valence electrons. The third kappa shape index (κ3) is 4.66. The van der Waals surface area contributed by atoms with Crippen molar-refractivity contribution < 1.29 is 9.90 Å². The van der Waals surface area contributed by atoms with Gasteiger partial charge in [-0.15, -0.1) is 0 Å². The number of fused-ring (bicyclic) bond motifs is 1. The van der Waals surface area contributed by atoms with Gasteiger partial charge in [0.1, 0.15) is 5.82 Å². The zero-order valence-corrected chi connectivity index (χ0v) is 14.3. The van der Waals surface area contributed by atoms with Crippen LogP contribution in [0.25, 0.3) is 10.9 Å². The number of aromatic amines is 1. The van der Waals surface area contributed by atoms with E-state index in [-0.39, 0.29) is 24.1 Å². The van der Waals surface area contributed by atoms with Crippen molar-refractivity contribution in [3.05, 3.63) is 40.4 Å². The fraction of sp³-hybridized carbons (Fsp3) is 0.526. The zero-order valence-electron chi connectivity index (χ0n) is 14.3. The second-order valence-corrected chi connectivity index (χ2v) is 6.86. The molecule has 1 unspecified atom stereocenters. The number of amides is 1. The van der Waals surface area contributed by atoms with Crippen molar-refractivity contribution in [3.63, 3.8) is 0 Å². The van der Waals surface area contributed by atoms with Gasteiger partial charge in [-0.25, -0.2) is 4.98 Å². The fourth-order valence-corrected chi connectivity index (χ4v) is 3.28. The van der Waals surface area contributed by atoms with Gasteiger partial charge in [0.05, 0.1) is 23.6 Å². The van der Waals surface area contributed by atoms with Crippen LogP contribution in [0.3, 0.4) is 0 Å². The van der Waals surface area contributed by atoms with Crippen LogP contribution in [0.5, 0.6) is 0 Å². The van der Waals surface area contributed by atoms with E-state index < -0.39 is 0 Å². The van der Waals surface area contributed by atoms with Gasteiger partial charge in [0.15, 0.2) is 0 Å². The Kier molecular flexibility index (Phi) is 5.81. The number of aryl methyl sites for hydroxylation is 1. The van der Waals surface area contributed by atoms with Crippen LogP contribution in [0.1, 0.15) is 44.3 Å². The molecule has 2 aromatic rings. The number of carbonyl (C=O) groups is 1. The summed E-state index contributed by atoms with van der Waals surface area (Å²) in [7, 11) is 0. The second kappa shape index (κ2) is 8.25. The fourth-order valence-electron chi connectivity index (χ4n) is 3.28. The first-order valence-corrected chi connectivity index (χ1v) is 9.04. The number of para-hydroxylation sites is 1. The number of H-pyrrole nitrogens is 1. The van der Waals surface area contributed by atoms with Crippen LogP contribution in [-0.4, -0.2) is 33.6 Å². The molecule has 1 aromatic carbocycles. The highest BCUT2D eigenvalue weighted by Crippen LogP contribution is 2.30. The standard InChI is InChI=1S/C19H25N3O3/c23-12-14(11-13-5-3-6-13)20-18(24)10-4-9-17-21-16-8-2-1-7-15(16)19(25)22-17/h1-2,7-8,13-14,23H,3-6,9-12H2,(H,20,24)(H,21,22,25). The normalized spacial score (nSPS) is 15.7. The molecule has 0 aliphatic heterocycles. The van der Waals surface area contributed by atoms with Gasteiger partial charge >= 0.3 is 0 Å². The Labute approximate surface area is 146 Å². The Morgan fingerprint density at radius 2 is 2.16 bits per heavy atom. The molecule has 1 atom stereocenters. The molecule has 1 aliphatic rings. The largest absolute Gasteiger partial charge is 0.394 e. The molecule has 1 aliphatic carbocycles. The van der Waals surface area contributed by atoms with E-state index >= 15 is 0 Å². The first kappa shape index (κ1) is 17.6. The molecular formula is C19H25N3O3. The minimum absolute atomic E-state index is 0.0121. The van der Waals surface area contributed by atoms with Crippen molar-refractivity contribution in [3.8, 4) is 0 Å². The number of rotatable bonds is 8. The number of hydrogen-bond donors (Lipinski definition) is 3. The number of aliphatic hydroxyl groups is 1. The predicted molar refractivity (Wildman–Crippen MR) is 96.3 cm³/mol. The second-order valence-electron chi connectivity index (χ2n) is 6.86. The van der Waals surface area contributed by atoms with E-state index in [1.807, 2.05) is 18.2 Å². The maximum Gasteiger partial charge on any atom is 0.258 e. The van der Waals surface area contributed by atoms with E-state index in [1.165, 1.54) is 19.3 Å². The van der Waals surface area contributed by atoms with E-state index in [9.17, 15) is 14.7 Å². The van der Waals surface area contributed by atoms with E-state index in [1.54, 1.807) is 6.07 Å². The van der Waals surface area contributed by atoms with E-state index in [4.69, 9.17) is 0 Å². The molecule has 1 fully saturated rings. The molecule has 25 heavy (non-hydrogen) atoms. The van der Waals surface area contributed by atoms with Gasteiger partial charge in [-0.3, -0.25) is 9.59 Å². The van der Waals surface area contributed by atoms with Crippen LogP contribution in [0.4, 0.5) is 0 Å². The molecule has 1 aromatic heterocycles. The average Bonchev–Trinajstić information content (AvgIpc) is 2.57. The van der Waals surface area contributed by atoms with Crippen LogP contribution in [0.2, 0.25) is 0 Å². The van der Waals surface area contributed by atoms with E-state index in [2.05, 4.69) is 15.3 Å². The van der Waals surface area contributed by atoms with Gasteiger partial charge in [0.25, 0.3) is 5.56 Å². The highest BCUT2D eigenvalue weighted by molar-refractivity contribution is 5.77. The highest BCUT2D eigenvalue weighted by Gasteiger charge is 2.22. The predicted octanol–water partition coefficient (Wildman–Crippen LogP) is 1.91. The first-order chi connectivity index (χ1) is 12.2. The van der Waals surface area contributed by atoms with Gasteiger partial charge in [0, 0.05) is 12.8 Å². The Morgan fingerprint density at radius 1 is 1.36 bits per heavy atom. The summed E-state index contributed by atoms with van der Waals surface area (Å²) < 4.78 is 0. The lowest BCUT2D eigenvalue weighted by molar-refractivity contribution is -0.122.